The van der Waals surface area contributed by atoms with Gasteiger partial charge in [0.15, 0.2) is 0 Å². The highest BCUT2D eigenvalue weighted by molar-refractivity contribution is 5.66. The van der Waals surface area contributed by atoms with Gasteiger partial charge in [-0.3, -0.25) is 4.79 Å². The summed E-state index contributed by atoms with van der Waals surface area (Å²) >= 11 is 0. The maximum atomic E-state index is 11.3. The lowest BCUT2D eigenvalue weighted by Gasteiger charge is -2.57. The summed E-state index contributed by atoms with van der Waals surface area (Å²) in [5.74, 6) is 2.17. The molecule has 5 atom stereocenters. The number of ether oxygens (including phenoxy) is 1. The molecule has 4 aliphatic carbocycles. The molecule has 0 saturated heterocycles. The third-order valence-electron chi connectivity index (χ3n) is 7.66. The molecule has 2 fully saturated rings. The third kappa shape index (κ3) is 2.32. The van der Waals surface area contributed by atoms with E-state index in [2.05, 4.69) is 25.2 Å². The van der Waals surface area contributed by atoms with E-state index in [9.17, 15) is 4.79 Å². The molecule has 0 aliphatic heterocycles. The molecule has 2 heteroatoms. The normalized spacial score (nSPS) is 44.8. The van der Waals surface area contributed by atoms with Crippen LogP contribution < -0.4 is 0 Å². The Balaban J connectivity index is 1.61. The van der Waals surface area contributed by atoms with Crippen LogP contribution in [0.3, 0.4) is 0 Å². The van der Waals surface area contributed by atoms with Crippen molar-refractivity contribution in [3.05, 3.63) is 23.8 Å². The van der Waals surface area contributed by atoms with Gasteiger partial charge in [0.25, 0.3) is 0 Å². The Hall–Kier alpha value is -1.05. The van der Waals surface area contributed by atoms with Gasteiger partial charge in [0.2, 0.25) is 0 Å². The van der Waals surface area contributed by atoms with Crippen molar-refractivity contribution in [3.63, 3.8) is 0 Å². The van der Waals surface area contributed by atoms with Crippen molar-refractivity contribution < 1.29 is 9.53 Å². The topological polar surface area (TPSA) is 26.3 Å². The van der Waals surface area contributed by atoms with Crippen molar-refractivity contribution in [2.24, 2.45) is 28.6 Å². The Morgan fingerprint density at radius 2 is 2.13 bits per heavy atom. The Labute approximate surface area is 140 Å². The van der Waals surface area contributed by atoms with Crippen LogP contribution in [0.15, 0.2) is 23.8 Å². The summed E-state index contributed by atoms with van der Waals surface area (Å²) in [6.07, 6.45) is 17.8. The summed E-state index contributed by atoms with van der Waals surface area (Å²) in [5, 5.41) is 0. The van der Waals surface area contributed by atoms with Crippen molar-refractivity contribution in [2.75, 3.05) is 6.61 Å². The highest BCUT2D eigenvalue weighted by atomic mass is 16.5. The predicted molar refractivity (Wildman–Crippen MR) is 91.8 cm³/mol. The number of carbonyl (C=O) groups is 1. The SMILES string of the molecule is CC(=O)OC[C@@]12C=CC[C@H]1[C@@H]1CC=C3CCCC[C@]3(C)[C@H]1CC2. The molecule has 0 N–H and O–H groups in total. The van der Waals surface area contributed by atoms with Crippen LogP contribution in [0.1, 0.15) is 65.2 Å². The van der Waals surface area contributed by atoms with E-state index in [-0.39, 0.29) is 11.4 Å². The van der Waals surface area contributed by atoms with E-state index >= 15 is 0 Å². The van der Waals surface area contributed by atoms with E-state index in [1.165, 1.54) is 58.3 Å². The highest BCUT2D eigenvalue weighted by Crippen LogP contribution is 2.63. The molecular formula is C21H30O2. The number of fused-ring (bicyclic) bond motifs is 5. The number of allylic oxidation sites excluding steroid dienone is 3. The van der Waals surface area contributed by atoms with Crippen molar-refractivity contribution in [3.8, 4) is 0 Å². The molecule has 0 radical (unpaired) electrons. The zero-order valence-corrected chi connectivity index (χ0v) is 14.6. The number of hydrogen-bond donors (Lipinski definition) is 0. The van der Waals surface area contributed by atoms with Gasteiger partial charge in [-0.25, -0.2) is 0 Å². The zero-order valence-electron chi connectivity index (χ0n) is 14.6. The molecule has 4 rings (SSSR count). The number of esters is 1. The van der Waals surface area contributed by atoms with Crippen LogP contribution in [0.5, 0.6) is 0 Å². The molecule has 0 unspecified atom stereocenters. The minimum atomic E-state index is -0.134. The molecule has 23 heavy (non-hydrogen) atoms. The fourth-order valence-electron chi connectivity index (χ4n) is 6.47. The minimum Gasteiger partial charge on any atom is -0.465 e. The van der Waals surface area contributed by atoms with E-state index in [1.54, 1.807) is 5.57 Å². The van der Waals surface area contributed by atoms with Crippen LogP contribution in [0.4, 0.5) is 0 Å². The van der Waals surface area contributed by atoms with Crippen LogP contribution >= 0.6 is 0 Å². The largest absolute Gasteiger partial charge is 0.465 e. The molecule has 126 valence electrons. The highest BCUT2D eigenvalue weighted by Gasteiger charge is 2.55. The lowest BCUT2D eigenvalue weighted by Crippen LogP contribution is -2.50. The number of carbonyl (C=O) groups excluding carboxylic acids is 1. The van der Waals surface area contributed by atoms with Crippen molar-refractivity contribution in [1.82, 2.24) is 0 Å². The molecule has 0 spiro atoms. The molecule has 0 aromatic rings. The van der Waals surface area contributed by atoms with Crippen molar-refractivity contribution in [2.45, 2.75) is 65.2 Å². The average Bonchev–Trinajstić information content (AvgIpc) is 2.97. The minimum absolute atomic E-state index is 0.128. The number of rotatable bonds is 2. The van der Waals surface area contributed by atoms with Gasteiger partial charge in [-0.1, -0.05) is 37.1 Å². The smallest absolute Gasteiger partial charge is 0.302 e. The van der Waals surface area contributed by atoms with Crippen molar-refractivity contribution in [1.29, 1.82) is 0 Å². The van der Waals surface area contributed by atoms with E-state index in [1.807, 2.05) is 0 Å². The van der Waals surface area contributed by atoms with Crippen LogP contribution in [-0.2, 0) is 9.53 Å². The van der Waals surface area contributed by atoms with Crippen LogP contribution in [-0.4, -0.2) is 12.6 Å². The molecule has 4 aliphatic rings. The molecule has 0 heterocycles. The third-order valence-corrected chi connectivity index (χ3v) is 7.66. The van der Waals surface area contributed by atoms with Gasteiger partial charge in [0.05, 0.1) is 0 Å². The fourth-order valence-corrected chi connectivity index (χ4v) is 6.47. The zero-order chi connectivity index (χ0) is 16.1. The van der Waals surface area contributed by atoms with Gasteiger partial charge in [0.1, 0.15) is 6.61 Å². The maximum Gasteiger partial charge on any atom is 0.302 e. The second kappa shape index (κ2) is 5.50. The molecule has 2 saturated carbocycles. The molecule has 0 bridgehead atoms. The van der Waals surface area contributed by atoms with Gasteiger partial charge in [-0.15, -0.1) is 0 Å². The molecule has 0 aromatic heterocycles. The van der Waals surface area contributed by atoms with Crippen LogP contribution in [0.25, 0.3) is 0 Å². The first-order chi connectivity index (χ1) is 11.1. The Morgan fingerprint density at radius 3 is 2.96 bits per heavy atom. The summed E-state index contributed by atoms with van der Waals surface area (Å²) in [4.78, 5) is 11.3. The Bertz CT molecular complexity index is 560. The standard InChI is InChI=1S/C21H30O2/c1-15(22)23-14-21-12-5-7-19(21)17-9-8-16-6-3-4-11-20(16,2)18(17)10-13-21/h5,8,12,17-19H,3-4,6-7,9-11,13-14H2,1-2H3/t17-,18+,19+,20+,21+/m1/s1. The van der Waals surface area contributed by atoms with E-state index in [0.29, 0.717) is 17.9 Å². The lowest BCUT2D eigenvalue weighted by atomic mass is 9.48. The van der Waals surface area contributed by atoms with Crippen LogP contribution in [0, 0.1) is 28.6 Å². The quantitative estimate of drug-likeness (QED) is 0.527. The Morgan fingerprint density at radius 1 is 1.26 bits per heavy atom. The average molecular weight is 314 g/mol. The first kappa shape index (κ1) is 15.5. The first-order valence-electron chi connectivity index (χ1n) is 9.56. The summed E-state index contributed by atoms with van der Waals surface area (Å²) in [6, 6.07) is 0. The molecule has 2 nitrogen and oxygen atoms in total. The summed E-state index contributed by atoms with van der Waals surface area (Å²) in [5.41, 5.74) is 2.35. The fraction of sp³-hybridized carbons (Fsp3) is 0.762. The van der Waals surface area contributed by atoms with Crippen LogP contribution in [0.2, 0.25) is 0 Å². The van der Waals surface area contributed by atoms with Gasteiger partial charge in [-0.05, 0) is 68.1 Å². The van der Waals surface area contributed by atoms with Gasteiger partial charge >= 0.3 is 5.97 Å². The predicted octanol–water partition coefficient (Wildman–Crippen LogP) is 5.05. The monoisotopic (exact) mass is 314 g/mol. The summed E-state index contributed by atoms with van der Waals surface area (Å²) in [6.45, 7) is 4.69. The molecular weight excluding hydrogens is 284 g/mol. The van der Waals surface area contributed by atoms with Gasteiger partial charge in [0, 0.05) is 12.3 Å². The van der Waals surface area contributed by atoms with E-state index in [0.717, 1.165) is 11.8 Å². The lowest BCUT2D eigenvalue weighted by molar-refractivity contribution is -0.147. The molecule has 0 amide bonds. The summed E-state index contributed by atoms with van der Waals surface area (Å²) in [7, 11) is 0. The van der Waals surface area contributed by atoms with E-state index < -0.39 is 0 Å². The summed E-state index contributed by atoms with van der Waals surface area (Å²) < 4.78 is 5.49. The first-order valence-corrected chi connectivity index (χ1v) is 9.56. The van der Waals surface area contributed by atoms with Crippen molar-refractivity contribution >= 4 is 5.97 Å². The second-order valence-electron chi connectivity index (χ2n) is 8.66. The Kier molecular flexibility index (Phi) is 3.70. The molecule has 0 aromatic carbocycles. The number of hydrogen-bond acceptors (Lipinski definition) is 2. The maximum absolute atomic E-state index is 11.3. The van der Waals surface area contributed by atoms with Gasteiger partial charge < -0.3 is 4.74 Å². The van der Waals surface area contributed by atoms with Gasteiger partial charge in [-0.2, -0.15) is 0 Å². The second-order valence-corrected chi connectivity index (χ2v) is 8.66. The van der Waals surface area contributed by atoms with E-state index in [4.69, 9.17) is 4.74 Å².